The van der Waals surface area contributed by atoms with E-state index >= 15 is 0 Å². The minimum Gasteiger partial charge on any atom is -0.313 e. The van der Waals surface area contributed by atoms with Gasteiger partial charge in [-0.3, -0.25) is 5.32 Å². The number of aromatic nitrogens is 3. The predicted octanol–water partition coefficient (Wildman–Crippen LogP) is 1.74. The summed E-state index contributed by atoms with van der Waals surface area (Å²) in [6, 6.07) is 7.59. The first-order chi connectivity index (χ1) is 9.60. The maximum Gasteiger partial charge on any atom is 0.326 e. The third-order valence-corrected chi connectivity index (χ3v) is 3.04. The lowest BCUT2D eigenvalue weighted by Crippen LogP contribution is -2.21. The van der Waals surface area contributed by atoms with Crippen LogP contribution in [0.3, 0.4) is 0 Å². The van der Waals surface area contributed by atoms with Gasteiger partial charge in [-0.25, -0.2) is 9.48 Å². The molecule has 1 aromatic heterocycles. The highest BCUT2D eigenvalue weighted by atomic mass is 16.2. The largest absolute Gasteiger partial charge is 0.326 e. The highest BCUT2D eigenvalue weighted by Gasteiger charge is 2.07. The van der Waals surface area contributed by atoms with Crippen LogP contribution in [0.15, 0.2) is 30.6 Å². The SMILES string of the molecule is CNC(C)c1ccc(NC(=O)Nc2ncnn2C)cc1. The molecule has 7 nitrogen and oxygen atoms in total. The minimum atomic E-state index is -0.351. The zero-order valence-corrected chi connectivity index (χ0v) is 11.7. The van der Waals surface area contributed by atoms with Crippen LogP contribution < -0.4 is 16.0 Å². The summed E-state index contributed by atoms with van der Waals surface area (Å²) in [4.78, 5) is 15.7. The van der Waals surface area contributed by atoms with Crippen LogP contribution in [-0.2, 0) is 7.05 Å². The van der Waals surface area contributed by atoms with Crippen LogP contribution in [0.25, 0.3) is 0 Å². The van der Waals surface area contributed by atoms with Gasteiger partial charge in [0.05, 0.1) is 0 Å². The Bertz CT molecular complexity index is 577. The average Bonchev–Trinajstić information content (AvgIpc) is 2.84. The van der Waals surface area contributed by atoms with Crippen molar-refractivity contribution in [1.82, 2.24) is 20.1 Å². The molecule has 0 aliphatic heterocycles. The molecule has 0 aliphatic rings. The van der Waals surface area contributed by atoms with E-state index in [-0.39, 0.29) is 12.1 Å². The Hall–Kier alpha value is -2.41. The van der Waals surface area contributed by atoms with E-state index in [0.717, 1.165) is 11.3 Å². The van der Waals surface area contributed by atoms with Gasteiger partial charge in [-0.1, -0.05) is 12.1 Å². The Morgan fingerprint density at radius 1 is 1.25 bits per heavy atom. The molecular weight excluding hydrogens is 256 g/mol. The van der Waals surface area contributed by atoms with E-state index in [2.05, 4.69) is 33.0 Å². The molecule has 3 N–H and O–H groups in total. The molecule has 20 heavy (non-hydrogen) atoms. The third kappa shape index (κ3) is 3.33. The number of carbonyl (C=O) groups excluding carboxylic acids is 1. The fraction of sp³-hybridized carbons (Fsp3) is 0.308. The van der Waals surface area contributed by atoms with Crippen LogP contribution in [0.4, 0.5) is 16.4 Å². The summed E-state index contributed by atoms with van der Waals surface area (Å²) < 4.78 is 1.48. The summed E-state index contributed by atoms with van der Waals surface area (Å²) in [5, 5.41) is 12.4. The Morgan fingerprint density at radius 2 is 1.95 bits per heavy atom. The Labute approximate surface area is 117 Å². The average molecular weight is 274 g/mol. The predicted molar refractivity (Wildman–Crippen MR) is 77.6 cm³/mol. The van der Waals surface area contributed by atoms with Gasteiger partial charge in [0.15, 0.2) is 0 Å². The number of anilines is 2. The first-order valence-electron chi connectivity index (χ1n) is 6.29. The molecule has 2 rings (SSSR count). The molecule has 1 atom stereocenters. The molecule has 0 saturated carbocycles. The second-order valence-corrected chi connectivity index (χ2v) is 4.42. The second kappa shape index (κ2) is 6.16. The van der Waals surface area contributed by atoms with Crippen molar-refractivity contribution in [2.45, 2.75) is 13.0 Å². The molecule has 0 bridgehead atoms. The molecule has 106 valence electrons. The molecule has 0 aliphatic carbocycles. The lowest BCUT2D eigenvalue weighted by molar-refractivity contribution is 0.262. The first-order valence-corrected chi connectivity index (χ1v) is 6.29. The highest BCUT2D eigenvalue weighted by molar-refractivity contribution is 5.98. The number of carbonyl (C=O) groups is 1. The van der Waals surface area contributed by atoms with Crippen LogP contribution in [0.5, 0.6) is 0 Å². The molecule has 0 radical (unpaired) electrons. The summed E-state index contributed by atoms with van der Waals surface area (Å²) in [7, 11) is 3.61. The van der Waals surface area contributed by atoms with Crippen molar-refractivity contribution >= 4 is 17.7 Å². The topological polar surface area (TPSA) is 83.9 Å². The lowest BCUT2D eigenvalue weighted by atomic mass is 10.1. The van der Waals surface area contributed by atoms with Gasteiger partial charge in [0, 0.05) is 18.8 Å². The highest BCUT2D eigenvalue weighted by Crippen LogP contribution is 2.15. The summed E-state index contributed by atoms with van der Waals surface area (Å²) in [6.45, 7) is 2.07. The van der Waals surface area contributed by atoms with Gasteiger partial charge in [-0.05, 0) is 31.7 Å². The van der Waals surface area contributed by atoms with Gasteiger partial charge in [0.25, 0.3) is 0 Å². The monoisotopic (exact) mass is 274 g/mol. The van der Waals surface area contributed by atoms with Crippen molar-refractivity contribution in [3.05, 3.63) is 36.2 Å². The Kier molecular flexibility index (Phi) is 4.31. The van der Waals surface area contributed by atoms with E-state index in [0.29, 0.717) is 5.95 Å². The number of benzene rings is 1. The van der Waals surface area contributed by atoms with Crippen molar-refractivity contribution in [1.29, 1.82) is 0 Å². The maximum absolute atomic E-state index is 11.8. The maximum atomic E-state index is 11.8. The second-order valence-electron chi connectivity index (χ2n) is 4.42. The van der Waals surface area contributed by atoms with Gasteiger partial charge >= 0.3 is 6.03 Å². The van der Waals surface area contributed by atoms with Gasteiger partial charge in [-0.2, -0.15) is 10.1 Å². The van der Waals surface area contributed by atoms with Crippen molar-refractivity contribution in [2.24, 2.45) is 7.05 Å². The van der Waals surface area contributed by atoms with Gasteiger partial charge in [0.2, 0.25) is 5.95 Å². The summed E-state index contributed by atoms with van der Waals surface area (Å²) >= 11 is 0. The van der Waals surface area contributed by atoms with Crippen molar-refractivity contribution in [2.75, 3.05) is 17.7 Å². The van der Waals surface area contributed by atoms with E-state index in [1.54, 1.807) is 7.05 Å². The van der Waals surface area contributed by atoms with Crippen molar-refractivity contribution in [3.63, 3.8) is 0 Å². The normalized spacial score (nSPS) is 11.9. The van der Waals surface area contributed by atoms with E-state index in [4.69, 9.17) is 0 Å². The number of hydrogen-bond donors (Lipinski definition) is 3. The first kappa shape index (κ1) is 14.0. The number of hydrogen-bond acceptors (Lipinski definition) is 4. The zero-order valence-electron chi connectivity index (χ0n) is 11.7. The molecule has 0 saturated heterocycles. The van der Waals surface area contributed by atoms with Crippen LogP contribution in [0, 0.1) is 0 Å². The fourth-order valence-corrected chi connectivity index (χ4v) is 1.70. The quantitative estimate of drug-likeness (QED) is 0.793. The van der Waals surface area contributed by atoms with E-state index in [1.807, 2.05) is 31.3 Å². The summed E-state index contributed by atoms with van der Waals surface area (Å²) in [5.74, 6) is 0.392. The van der Waals surface area contributed by atoms with E-state index in [9.17, 15) is 4.79 Å². The lowest BCUT2D eigenvalue weighted by Gasteiger charge is -2.11. The molecule has 2 aromatic rings. The smallest absolute Gasteiger partial charge is 0.313 e. The number of nitrogens with zero attached hydrogens (tertiary/aromatic N) is 3. The Morgan fingerprint density at radius 3 is 2.50 bits per heavy atom. The molecule has 1 aromatic carbocycles. The molecule has 7 heteroatoms. The van der Waals surface area contributed by atoms with Crippen LogP contribution in [0.2, 0.25) is 0 Å². The van der Waals surface area contributed by atoms with Gasteiger partial charge in [0.1, 0.15) is 6.33 Å². The number of rotatable bonds is 4. The molecule has 0 fully saturated rings. The van der Waals surface area contributed by atoms with E-state index in [1.165, 1.54) is 11.0 Å². The zero-order chi connectivity index (χ0) is 14.5. The van der Waals surface area contributed by atoms with Crippen molar-refractivity contribution < 1.29 is 4.79 Å². The fourth-order valence-electron chi connectivity index (χ4n) is 1.70. The molecule has 1 heterocycles. The van der Waals surface area contributed by atoms with Crippen LogP contribution in [-0.4, -0.2) is 27.8 Å². The Balaban J connectivity index is 1.96. The van der Waals surface area contributed by atoms with Crippen LogP contribution >= 0.6 is 0 Å². The molecule has 0 spiro atoms. The minimum absolute atomic E-state index is 0.275. The molecular formula is C13H18N6O. The number of aryl methyl sites for hydroxylation is 1. The number of amides is 2. The standard InChI is InChI=1S/C13H18N6O/c1-9(14-2)10-4-6-11(7-5-10)17-13(20)18-12-15-8-16-19(12)3/h4-9,14H,1-3H3,(H2,15,16,17,18,20). The molecule has 2 amide bonds. The number of nitrogens with one attached hydrogen (secondary N) is 3. The summed E-state index contributed by atoms with van der Waals surface area (Å²) in [6.07, 6.45) is 1.38. The summed E-state index contributed by atoms with van der Waals surface area (Å²) in [5.41, 5.74) is 1.88. The van der Waals surface area contributed by atoms with Crippen molar-refractivity contribution in [3.8, 4) is 0 Å². The third-order valence-electron chi connectivity index (χ3n) is 3.04. The van der Waals surface area contributed by atoms with Gasteiger partial charge in [-0.15, -0.1) is 0 Å². The molecule has 1 unspecified atom stereocenters. The number of urea groups is 1. The van der Waals surface area contributed by atoms with Gasteiger partial charge < -0.3 is 10.6 Å². The van der Waals surface area contributed by atoms with Crippen LogP contribution in [0.1, 0.15) is 18.5 Å². The van der Waals surface area contributed by atoms with E-state index < -0.39 is 0 Å².